The predicted octanol–water partition coefficient (Wildman–Crippen LogP) is 7.02. The Morgan fingerprint density at radius 3 is 1.89 bits per heavy atom. The first kappa shape index (κ1) is 31.1. The number of hydrogen-bond acceptors (Lipinski definition) is 4. The largest absolute Gasteiger partial charge is 0.465 e. The Balaban J connectivity index is 1.86. The molecule has 0 bridgehead atoms. The van der Waals surface area contributed by atoms with Crippen molar-refractivity contribution in [3.8, 4) is 0 Å². The summed E-state index contributed by atoms with van der Waals surface area (Å²) < 4.78 is 5.19. The van der Waals surface area contributed by atoms with Crippen molar-refractivity contribution in [3.05, 3.63) is 35.9 Å². The summed E-state index contributed by atoms with van der Waals surface area (Å²) in [4.78, 5) is 23.8. The fourth-order valence-electron chi connectivity index (χ4n) is 3.97. The summed E-state index contributed by atoms with van der Waals surface area (Å²) in [6.07, 6.45) is 19.4. The molecule has 0 saturated carbocycles. The first-order valence-electron chi connectivity index (χ1n) is 13.9. The van der Waals surface area contributed by atoms with Crippen LogP contribution in [0.25, 0.3) is 0 Å². The zero-order valence-electron chi connectivity index (χ0n) is 22.0. The molecule has 0 fully saturated rings. The number of benzene rings is 1. The molecule has 1 aromatic carbocycles. The highest BCUT2D eigenvalue weighted by Crippen LogP contribution is 2.12. The Morgan fingerprint density at radius 1 is 0.771 bits per heavy atom. The number of esters is 1. The van der Waals surface area contributed by atoms with E-state index in [-0.39, 0.29) is 24.7 Å². The maximum atomic E-state index is 12.0. The molecule has 0 aliphatic carbocycles. The van der Waals surface area contributed by atoms with E-state index in [0.717, 1.165) is 18.5 Å². The molecule has 0 atom stereocenters. The van der Waals surface area contributed by atoms with Gasteiger partial charge in [-0.05, 0) is 24.2 Å². The third-order valence-corrected chi connectivity index (χ3v) is 6.37. The van der Waals surface area contributed by atoms with E-state index in [1.54, 1.807) is 0 Å². The van der Waals surface area contributed by atoms with Crippen molar-refractivity contribution >= 4 is 29.2 Å². The van der Waals surface area contributed by atoms with Crippen LogP contribution in [0, 0.1) is 0 Å². The molecule has 35 heavy (non-hydrogen) atoms. The van der Waals surface area contributed by atoms with Crippen molar-refractivity contribution in [1.29, 1.82) is 0 Å². The molecular formula is C29H48N2O3S. The van der Waals surface area contributed by atoms with Crippen LogP contribution in [0.15, 0.2) is 30.3 Å². The Bertz CT molecular complexity index is 682. The topological polar surface area (TPSA) is 67.4 Å². The molecule has 0 aromatic heterocycles. The van der Waals surface area contributed by atoms with Gasteiger partial charge in [-0.15, -0.1) is 0 Å². The zero-order valence-corrected chi connectivity index (χ0v) is 22.8. The van der Waals surface area contributed by atoms with Crippen molar-refractivity contribution < 1.29 is 14.3 Å². The lowest BCUT2D eigenvalue weighted by molar-refractivity contribution is -0.144. The van der Waals surface area contributed by atoms with Gasteiger partial charge >= 0.3 is 5.97 Å². The van der Waals surface area contributed by atoms with Gasteiger partial charge in [0.2, 0.25) is 5.91 Å². The van der Waals surface area contributed by atoms with Gasteiger partial charge < -0.3 is 15.4 Å². The van der Waals surface area contributed by atoms with E-state index in [9.17, 15) is 9.59 Å². The van der Waals surface area contributed by atoms with E-state index in [4.69, 9.17) is 17.0 Å². The van der Waals surface area contributed by atoms with Crippen LogP contribution in [0.2, 0.25) is 0 Å². The number of carbonyl (C=O) groups excluding carboxylic acids is 2. The van der Waals surface area contributed by atoms with Gasteiger partial charge in [0.1, 0.15) is 0 Å². The predicted molar refractivity (Wildman–Crippen MR) is 149 cm³/mol. The molecule has 0 unspecified atom stereocenters. The average molecular weight is 505 g/mol. The summed E-state index contributed by atoms with van der Waals surface area (Å²) in [5, 5.41) is 6.06. The van der Waals surface area contributed by atoms with Gasteiger partial charge in [-0.1, -0.05) is 121 Å². The molecule has 1 amide bonds. The minimum absolute atomic E-state index is 0.0577. The monoisotopic (exact) mass is 504 g/mol. The third kappa shape index (κ3) is 20.0. The molecule has 0 aliphatic heterocycles. The molecule has 0 saturated heterocycles. The number of hydrogen-bond donors (Lipinski definition) is 2. The van der Waals surface area contributed by atoms with Crippen molar-refractivity contribution in [2.45, 2.75) is 116 Å². The van der Waals surface area contributed by atoms with E-state index in [1.165, 1.54) is 83.5 Å². The smallest absolute Gasteiger partial charge is 0.306 e. The summed E-state index contributed by atoms with van der Waals surface area (Å²) in [7, 11) is 0. The molecule has 5 nitrogen and oxygen atoms in total. The van der Waals surface area contributed by atoms with Crippen molar-refractivity contribution in [2.24, 2.45) is 0 Å². The summed E-state index contributed by atoms with van der Waals surface area (Å²) >= 11 is 5.17. The number of rotatable bonds is 21. The minimum atomic E-state index is -0.364. The minimum Gasteiger partial charge on any atom is -0.465 e. The maximum Gasteiger partial charge on any atom is 0.306 e. The van der Waals surface area contributed by atoms with E-state index < -0.39 is 0 Å². The van der Waals surface area contributed by atoms with E-state index in [1.807, 2.05) is 30.3 Å². The lowest BCUT2D eigenvalue weighted by atomic mass is 10.0. The first-order valence-corrected chi connectivity index (χ1v) is 14.3. The fraction of sp³-hybridized carbons (Fsp3) is 0.690. The standard InChI is InChI=1S/C29H48N2O3S/c1-2-3-4-5-6-7-8-9-10-11-12-13-14-18-24-30-29(35)31-27(32)21-22-28(33)34-25-23-26-19-16-15-17-20-26/h15-17,19-20H,2-14,18,21-25H2,1H3,(H2,30,31,32,35). The van der Waals surface area contributed by atoms with Crippen LogP contribution in [0.3, 0.4) is 0 Å². The second-order valence-electron chi connectivity index (χ2n) is 9.36. The highest BCUT2D eigenvalue weighted by molar-refractivity contribution is 7.80. The summed E-state index contributed by atoms with van der Waals surface area (Å²) in [5.41, 5.74) is 1.12. The first-order chi connectivity index (χ1) is 17.1. The van der Waals surface area contributed by atoms with E-state index >= 15 is 0 Å². The van der Waals surface area contributed by atoms with Crippen LogP contribution in [0.4, 0.5) is 0 Å². The molecule has 0 aliphatic rings. The number of carbonyl (C=O) groups is 2. The molecule has 6 heteroatoms. The van der Waals surface area contributed by atoms with Crippen LogP contribution in [0.5, 0.6) is 0 Å². The van der Waals surface area contributed by atoms with Crippen LogP contribution in [-0.4, -0.2) is 30.1 Å². The average Bonchev–Trinajstić information content (AvgIpc) is 2.86. The number of ether oxygens (including phenoxy) is 1. The normalized spacial score (nSPS) is 10.7. The van der Waals surface area contributed by atoms with E-state index in [0.29, 0.717) is 18.1 Å². The molecular weight excluding hydrogens is 456 g/mol. The summed E-state index contributed by atoms with van der Waals surface area (Å²) in [5.74, 6) is -0.624. The van der Waals surface area contributed by atoms with Gasteiger partial charge in [-0.2, -0.15) is 0 Å². The van der Waals surface area contributed by atoms with Gasteiger partial charge in [-0.3, -0.25) is 9.59 Å². The summed E-state index contributed by atoms with van der Waals surface area (Å²) in [6.45, 7) is 3.35. The Morgan fingerprint density at radius 2 is 1.31 bits per heavy atom. The molecule has 0 spiro atoms. The second kappa shape index (κ2) is 22.5. The molecule has 0 radical (unpaired) electrons. The van der Waals surface area contributed by atoms with Gasteiger partial charge in [0, 0.05) is 19.4 Å². The second-order valence-corrected chi connectivity index (χ2v) is 9.76. The zero-order chi connectivity index (χ0) is 25.4. The summed E-state index contributed by atoms with van der Waals surface area (Å²) in [6, 6.07) is 9.85. The van der Waals surface area contributed by atoms with Gasteiger partial charge in [0.15, 0.2) is 5.11 Å². The van der Waals surface area contributed by atoms with Crippen molar-refractivity contribution in [2.75, 3.05) is 13.2 Å². The molecule has 1 aromatic rings. The van der Waals surface area contributed by atoms with Gasteiger partial charge in [-0.25, -0.2) is 0 Å². The van der Waals surface area contributed by atoms with Gasteiger partial charge in [0.05, 0.1) is 13.0 Å². The maximum absolute atomic E-state index is 12.0. The van der Waals surface area contributed by atoms with Crippen LogP contribution in [0.1, 0.15) is 115 Å². The SMILES string of the molecule is CCCCCCCCCCCCCCCCNC(=S)NC(=O)CCC(=O)OCCc1ccccc1. The Labute approximate surface area is 219 Å². The lowest BCUT2D eigenvalue weighted by Gasteiger charge is -2.09. The fourth-order valence-corrected chi connectivity index (χ4v) is 4.19. The molecule has 1 rings (SSSR count). The molecule has 2 N–H and O–H groups in total. The quantitative estimate of drug-likeness (QED) is 0.107. The molecule has 0 heterocycles. The molecule has 198 valence electrons. The highest BCUT2D eigenvalue weighted by atomic mass is 32.1. The Hall–Kier alpha value is -1.95. The van der Waals surface area contributed by atoms with Crippen LogP contribution in [-0.2, 0) is 20.7 Å². The Kier molecular flexibility index (Phi) is 20.0. The van der Waals surface area contributed by atoms with Crippen LogP contribution < -0.4 is 10.6 Å². The van der Waals surface area contributed by atoms with E-state index in [2.05, 4.69) is 17.6 Å². The lowest BCUT2D eigenvalue weighted by Crippen LogP contribution is -2.39. The van der Waals surface area contributed by atoms with Crippen molar-refractivity contribution in [3.63, 3.8) is 0 Å². The number of thiocarbonyl (C=S) groups is 1. The number of nitrogens with one attached hydrogen (secondary N) is 2. The van der Waals surface area contributed by atoms with Crippen LogP contribution >= 0.6 is 12.2 Å². The number of amides is 1. The van der Waals surface area contributed by atoms with Gasteiger partial charge in [0.25, 0.3) is 0 Å². The number of unbranched alkanes of at least 4 members (excludes halogenated alkanes) is 13. The van der Waals surface area contributed by atoms with Crippen molar-refractivity contribution in [1.82, 2.24) is 10.6 Å². The highest BCUT2D eigenvalue weighted by Gasteiger charge is 2.09. The third-order valence-electron chi connectivity index (χ3n) is 6.12.